The third-order valence-electron chi connectivity index (χ3n) is 6.14. The number of carbonyl (C=O) groups is 2. The molecular weight excluding hydrogens is 424 g/mol. The van der Waals surface area contributed by atoms with E-state index in [1.807, 2.05) is 30.3 Å². The number of hydrogen-bond acceptors (Lipinski definition) is 5. The van der Waals surface area contributed by atoms with Gasteiger partial charge in [-0.05, 0) is 31.2 Å². The Kier molecular flexibility index (Phi) is 5.16. The molecule has 5 rings (SSSR count). The lowest BCUT2D eigenvalue weighted by Crippen LogP contribution is -2.30. The smallest absolute Gasteiger partial charge is 0.295 e. The van der Waals surface area contributed by atoms with Crippen LogP contribution in [0.4, 0.5) is 11.4 Å². The number of aromatic nitrogens is 2. The number of rotatable bonds is 4. The zero-order valence-electron chi connectivity index (χ0n) is 18.4. The SMILES string of the molecule is Cc1c(NC(=O)C2CC(=O)N(c3ccc4c(c3)OCCO4)C2)c(=O)n(-c2ccccc2)n1C. The summed E-state index contributed by atoms with van der Waals surface area (Å²) in [5.41, 5.74) is 1.89. The van der Waals surface area contributed by atoms with Crippen LogP contribution in [0.5, 0.6) is 11.5 Å². The molecule has 1 N–H and O–H groups in total. The van der Waals surface area contributed by atoms with Crippen LogP contribution in [0.25, 0.3) is 5.69 Å². The Bertz CT molecular complexity index is 1290. The molecule has 0 aliphatic carbocycles. The van der Waals surface area contributed by atoms with Crippen LogP contribution < -0.4 is 25.2 Å². The molecule has 2 amide bonds. The Morgan fingerprint density at radius 1 is 1.00 bits per heavy atom. The lowest BCUT2D eigenvalue weighted by molar-refractivity contribution is -0.122. The van der Waals surface area contributed by atoms with Crippen molar-refractivity contribution in [3.05, 3.63) is 64.6 Å². The first-order chi connectivity index (χ1) is 15.9. The fourth-order valence-electron chi connectivity index (χ4n) is 4.27. The van der Waals surface area contributed by atoms with E-state index in [1.54, 1.807) is 41.8 Å². The van der Waals surface area contributed by atoms with E-state index in [0.717, 1.165) is 0 Å². The van der Waals surface area contributed by atoms with Gasteiger partial charge in [0.1, 0.15) is 18.9 Å². The number of hydrogen-bond donors (Lipinski definition) is 1. The van der Waals surface area contributed by atoms with Crippen molar-refractivity contribution >= 4 is 23.2 Å². The first-order valence-corrected chi connectivity index (χ1v) is 10.8. The molecule has 2 aliphatic heterocycles. The average Bonchev–Trinajstić information content (AvgIpc) is 3.32. The molecule has 1 aromatic heterocycles. The van der Waals surface area contributed by atoms with Crippen LogP contribution in [0.1, 0.15) is 12.1 Å². The van der Waals surface area contributed by atoms with Gasteiger partial charge in [-0.1, -0.05) is 18.2 Å². The summed E-state index contributed by atoms with van der Waals surface area (Å²) < 4.78 is 14.3. The third-order valence-corrected chi connectivity index (χ3v) is 6.14. The molecule has 33 heavy (non-hydrogen) atoms. The highest BCUT2D eigenvalue weighted by Crippen LogP contribution is 2.36. The topological polar surface area (TPSA) is 94.8 Å². The predicted octanol–water partition coefficient (Wildman–Crippen LogP) is 2.25. The quantitative estimate of drug-likeness (QED) is 0.661. The maximum atomic E-state index is 13.1. The highest BCUT2D eigenvalue weighted by molar-refractivity contribution is 6.03. The second kappa shape index (κ2) is 8.16. The van der Waals surface area contributed by atoms with Crippen molar-refractivity contribution in [1.82, 2.24) is 9.36 Å². The summed E-state index contributed by atoms with van der Waals surface area (Å²) in [6, 6.07) is 14.5. The van der Waals surface area contributed by atoms with Crippen molar-refractivity contribution in [3.63, 3.8) is 0 Å². The third kappa shape index (κ3) is 3.65. The van der Waals surface area contributed by atoms with E-state index in [9.17, 15) is 14.4 Å². The molecule has 2 aromatic carbocycles. The van der Waals surface area contributed by atoms with Crippen LogP contribution in [-0.4, -0.2) is 40.9 Å². The van der Waals surface area contributed by atoms with Gasteiger partial charge in [-0.25, -0.2) is 4.68 Å². The van der Waals surface area contributed by atoms with E-state index in [-0.39, 0.29) is 36.0 Å². The van der Waals surface area contributed by atoms with Crippen LogP contribution in [0.3, 0.4) is 0 Å². The number of fused-ring (bicyclic) bond motifs is 1. The average molecular weight is 448 g/mol. The molecule has 0 saturated carbocycles. The van der Waals surface area contributed by atoms with Gasteiger partial charge in [-0.2, -0.15) is 0 Å². The molecule has 3 heterocycles. The van der Waals surface area contributed by atoms with Crippen LogP contribution >= 0.6 is 0 Å². The molecule has 0 radical (unpaired) electrons. The summed E-state index contributed by atoms with van der Waals surface area (Å²) in [6.07, 6.45) is 0.0685. The number of carbonyl (C=O) groups excluding carboxylic acids is 2. The summed E-state index contributed by atoms with van der Waals surface area (Å²) in [4.78, 5) is 40.4. The number of para-hydroxylation sites is 1. The molecule has 1 fully saturated rings. The zero-order chi connectivity index (χ0) is 23.1. The van der Waals surface area contributed by atoms with Gasteiger partial charge in [-0.3, -0.25) is 19.1 Å². The highest BCUT2D eigenvalue weighted by atomic mass is 16.6. The second-order valence-corrected chi connectivity index (χ2v) is 8.16. The molecule has 0 bridgehead atoms. The van der Waals surface area contributed by atoms with Crippen LogP contribution in [0.2, 0.25) is 0 Å². The van der Waals surface area contributed by atoms with E-state index in [4.69, 9.17) is 9.47 Å². The van der Waals surface area contributed by atoms with Crippen molar-refractivity contribution < 1.29 is 19.1 Å². The van der Waals surface area contributed by atoms with Crippen molar-refractivity contribution in [1.29, 1.82) is 0 Å². The number of nitrogens with zero attached hydrogens (tertiary/aromatic N) is 3. The van der Waals surface area contributed by atoms with Crippen LogP contribution in [-0.2, 0) is 16.6 Å². The van der Waals surface area contributed by atoms with E-state index in [0.29, 0.717) is 41.8 Å². The monoisotopic (exact) mass is 448 g/mol. The van der Waals surface area contributed by atoms with Gasteiger partial charge in [0.15, 0.2) is 11.5 Å². The van der Waals surface area contributed by atoms with Crippen LogP contribution in [0.15, 0.2) is 53.3 Å². The molecule has 1 atom stereocenters. The van der Waals surface area contributed by atoms with Crippen LogP contribution in [0, 0.1) is 12.8 Å². The Morgan fingerprint density at radius 3 is 2.48 bits per heavy atom. The summed E-state index contributed by atoms with van der Waals surface area (Å²) in [6.45, 7) is 2.94. The lowest BCUT2D eigenvalue weighted by atomic mass is 10.1. The lowest BCUT2D eigenvalue weighted by Gasteiger charge is -2.22. The Morgan fingerprint density at radius 2 is 1.73 bits per heavy atom. The molecule has 2 aliphatic rings. The Labute approximate surface area is 190 Å². The molecule has 9 nitrogen and oxygen atoms in total. The van der Waals surface area contributed by atoms with Gasteiger partial charge in [0.2, 0.25) is 11.8 Å². The van der Waals surface area contributed by atoms with Gasteiger partial charge in [0.05, 0.1) is 17.3 Å². The minimum Gasteiger partial charge on any atom is -0.486 e. The Balaban J connectivity index is 1.35. The number of ether oxygens (including phenoxy) is 2. The Hall–Kier alpha value is -4.01. The molecule has 3 aromatic rings. The molecular formula is C24H24N4O5. The number of benzene rings is 2. The summed E-state index contributed by atoms with van der Waals surface area (Å²) in [7, 11) is 1.77. The molecule has 9 heteroatoms. The fourth-order valence-corrected chi connectivity index (χ4v) is 4.27. The van der Waals surface area contributed by atoms with Crippen molar-refractivity contribution in [2.75, 3.05) is 30.0 Å². The molecule has 0 spiro atoms. The highest BCUT2D eigenvalue weighted by Gasteiger charge is 2.36. The molecule has 1 saturated heterocycles. The maximum Gasteiger partial charge on any atom is 0.295 e. The minimum atomic E-state index is -0.574. The van der Waals surface area contributed by atoms with Gasteiger partial charge in [0, 0.05) is 31.8 Å². The van der Waals surface area contributed by atoms with Crippen molar-refractivity contribution in [2.24, 2.45) is 13.0 Å². The number of anilines is 2. The zero-order valence-corrected chi connectivity index (χ0v) is 18.4. The standard InChI is InChI=1S/C24H24N4O5/c1-15-22(24(31)28(26(15)2)17-6-4-3-5-7-17)25-23(30)16-12-21(29)27(14-16)18-8-9-19-20(13-18)33-11-10-32-19/h3-9,13,16H,10-12,14H2,1-2H3,(H,25,30). The largest absolute Gasteiger partial charge is 0.486 e. The summed E-state index contributed by atoms with van der Waals surface area (Å²) >= 11 is 0. The number of nitrogens with one attached hydrogen (secondary N) is 1. The maximum absolute atomic E-state index is 13.1. The summed E-state index contributed by atoms with van der Waals surface area (Å²) in [5.74, 6) is 0.142. The van der Waals surface area contributed by atoms with Gasteiger partial charge in [-0.15, -0.1) is 0 Å². The molecule has 170 valence electrons. The first kappa shape index (κ1) is 20.9. The fraction of sp³-hybridized carbons (Fsp3) is 0.292. The normalized spacial score (nSPS) is 17.3. The van der Waals surface area contributed by atoms with E-state index in [2.05, 4.69) is 5.32 Å². The predicted molar refractivity (Wildman–Crippen MR) is 122 cm³/mol. The van der Waals surface area contributed by atoms with Crippen molar-refractivity contribution in [3.8, 4) is 17.2 Å². The van der Waals surface area contributed by atoms with Gasteiger partial charge >= 0.3 is 0 Å². The first-order valence-electron chi connectivity index (χ1n) is 10.8. The summed E-state index contributed by atoms with van der Waals surface area (Å²) in [5, 5.41) is 2.78. The van der Waals surface area contributed by atoms with E-state index < -0.39 is 5.92 Å². The number of amides is 2. The minimum absolute atomic E-state index is 0.0685. The van der Waals surface area contributed by atoms with Crippen molar-refractivity contribution in [2.45, 2.75) is 13.3 Å². The second-order valence-electron chi connectivity index (χ2n) is 8.16. The van der Waals surface area contributed by atoms with E-state index in [1.165, 1.54) is 4.68 Å². The van der Waals surface area contributed by atoms with Gasteiger partial charge < -0.3 is 19.7 Å². The van der Waals surface area contributed by atoms with Gasteiger partial charge in [0.25, 0.3) is 5.56 Å². The molecule has 1 unspecified atom stereocenters. The van der Waals surface area contributed by atoms with E-state index >= 15 is 0 Å².